The van der Waals surface area contributed by atoms with Gasteiger partial charge in [-0.05, 0) is 16.7 Å². The lowest BCUT2D eigenvalue weighted by molar-refractivity contribution is 0.341. The summed E-state index contributed by atoms with van der Waals surface area (Å²) < 4.78 is 0. The second-order valence-corrected chi connectivity index (χ2v) is 3.56. The van der Waals surface area contributed by atoms with Crippen molar-refractivity contribution in [2.24, 2.45) is 11.3 Å². The van der Waals surface area contributed by atoms with Crippen LogP contribution in [0.4, 0.5) is 0 Å². The molecule has 1 heteroatoms. The molecule has 0 nitrogen and oxygen atoms in total. The Morgan fingerprint density at radius 3 is 1.75 bits per heavy atom. The van der Waals surface area contributed by atoms with Crippen LogP contribution in [0.3, 0.4) is 0 Å². The monoisotopic (exact) mass is 130 g/mol. The molecule has 0 saturated carbocycles. The summed E-state index contributed by atoms with van der Waals surface area (Å²) in [4.78, 5) is 0. The van der Waals surface area contributed by atoms with Crippen LogP contribution in [0.15, 0.2) is 0 Å². The molecule has 0 fully saturated rings. The summed E-state index contributed by atoms with van der Waals surface area (Å²) in [7, 11) is 0. The van der Waals surface area contributed by atoms with Gasteiger partial charge >= 0.3 is 0 Å². The van der Waals surface area contributed by atoms with E-state index in [1.165, 1.54) is 0 Å². The Balaban J connectivity index is 3.80. The summed E-state index contributed by atoms with van der Waals surface area (Å²) >= 11 is 4.80. The van der Waals surface area contributed by atoms with Crippen molar-refractivity contribution in [2.45, 2.75) is 27.7 Å². The van der Waals surface area contributed by atoms with E-state index < -0.39 is 0 Å². The van der Waals surface area contributed by atoms with Crippen molar-refractivity contribution in [1.82, 2.24) is 0 Å². The van der Waals surface area contributed by atoms with Crippen LogP contribution in [-0.4, -0.2) is 5.37 Å². The highest BCUT2D eigenvalue weighted by Gasteiger charge is 2.16. The Kier molecular flexibility index (Phi) is 2.61. The van der Waals surface area contributed by atoms with E-state index in [1.54, 1.807) is 0 Å². The van der Waals surface area contributed by atoms with Crippen molar-refractivity contribution in [3.05, 3.63) is 0 Å². The van der Waals surface area contributed by atoms with Crippen molar-refractivity contribution in [3.8, 4) is 0 Å². The molecule has 0 N–H and O–H groups in total. The predicted octanol–water partition coefficient (Wildman–Crippen LogP) is 2.67. The molecule has 0 aliphatic rings. The third-order valence-corrected chi connectivity index (χ3v) is 1.98. The normalized spacial score (nSPS) is 15.5. The van der Waals surface area contributed by atoms with E-state index in [-0.39, 0.29) is 0 Å². The highest BCUT2D eigenvalue weighted by Crippen LogP contribution is 2.23. The number of hydrogen-bond acceptors (Lipinski definition) is 1. The van der Waals surface area contributed by atoms with E-state index in [1.807, 2.05) is 5.37 Å². The highest BCUT2D eigenvalue weighted by atomic mass is 32.1. The molecule has 0 aromatic heterocycles. The summed E-state index contributed by atoms with van der Waals surface area (Å²) in [5, 5.41) is 1.83. The first-order valence-electron chi connectivity index (χ1n) is 2.94. The molecule has 1 unspecified atom stereocenters. The Labute approximate surface area is 57.3 Å². The van der Waals surface area contributed by atoms with Crippen LogP contribution in [0.5, 0.6) is 0 Å². The highest BCUT2D eigenvalue weighted by molar-refractivity contribution is 7.79. The van der Waals surface area contributed by atoms with E-state index in [0.717, 1.165) is 0 Å². The van der Waals surface area contributed by atoms with Gasteiger partial charge in [0, 0.05) is 0 Å². The predicted molar refractivity (Wildman–Crippen MR) is 42.3 cm³/mol. The van der Waals surface area contributed by atoms with Crippen LogP contribution in [0, 0.1) is 11.3 Å². The van der Waals surface area contributed by atoms with Crippen molar-refractivity contribution >= 4 is 17.6 Å². The van der Waals surface area contributed by atoms with Gasteiger partial charge in [-0.1, -0.05) is 39.9 Å². The minimum Gasteiger partial charge on any atom is -0.0932 e. The molecule has 8 heavy (non-hydrogen) atoms. The fraction of sp³-hybridized carbons (Fsp3) is 0.857. The first-order valence-corrected chi connectivity index (χ1v) is 3.41. The molecule has 0 amide bonds. The SMILES string of the molecule is CC(C=S)C(C)(C)C. The van der Waals surface area contributed by atoms with Crippen LogP contribution in [0.25, 0.3) is 0 Å². The zero-order valence-corrected chi connectivity index (χ0v) is 6.88. The van der Waals surface area contributed by atoms with Gasteiger partial charge in [0.15, 0.2) is 0 Å². The van der Waals surface area contributed by atoms with Gasteiger partial charge in [0.1, 0.15) is 0 Å². The molecule has 1 atom stereocenters. The number of hydrogen-bond donors (Lipinski definition) is 0. The largest absolute Gasteiger partial charge is 0.0932 e. The average molecular weight is 130 g/mol. The molecule has 0 aromatic carbocycles. The maximum atomic E-state index is 4.80. The van der Waals surface area contributed by atoms with E-state index in [0.29, 0.717) is 11.3 Å². The maximum Gasteiger partial charge on any atom is -0.0108 e. The lowest BCUT2D eigenvalue weighted by Gasteiger charge is -2.22. The Hall–Kier alpha value is 0.0900. The van der Waals surface area contributed by atoms with Gasteiger partial charge in [-0.2, -0.15) is 0 Å². The van der Waals surface area contributed by atoms with Crippen LogP contribution >= 0.6 is 12.2 Å². The summed E-state index contributed by atoms with van der Waals surface area (Å²) in [6.07, 6.45) is 0. The lowest BCUT2D eigenvalue weighted by atomic mass is 9.84. The average Bonchev–Trinajstić information content (AvgIpc) is 1.62. The van der Waals surface area contributed by atoms with Crippen molar-refractivity contribution in [1.29, 1.82) is 0 Å². The Morgan fingerprint density at radius 2 is 1.75 bits per heavy atom. The molecule has 48 valence electrons. The molecular formula is C7H14S. The zero-order valence-electron chi connectivity index (χ0n) is 6.06. The zero-order chi connectivity index (χ0) is 6.78. The minimum atomic E-state index is 0.349. The van der Waals surface area contributed by atoms with Crippen LogP contribution in [-0.2, 0) is 0 Å². The molecule has 0 aromatic rings. The van der Waals surface area contributed by atoms with Crippen LogP contribution < -0.4 is 0 Å². The maximum absolute atomic E-state index is 4.80. The summed E-state index contributed by atoms with van der Waals surface area (Å²) in [5.41, 5.74) is 0.349. The second-order valence-electron chi connectivity index (χ2n) is 3.29. The number of rotatable bonds is 1. The Bertz CT molecular complexity index is 78.9. The molecule has 0 aliphatic carbocycles. The first kappa shape index (κ1) is 8.09. The van der Waals surface area contributed by atoms with Crippen molar-refractivity contribution < 1.29 is 0 Å². The summed E-state index contributed by atoms with van der Waals surface area (Å²) in [5.74, 6) is 0.539. The van der Waals surface area contributed by atoms with Crippen LogP contribution in [0.1, 0.15) is 27.7 Å². The molecule has 0 spiro atoms. The van der Waals surface area contributed by atoms with Gasteiger partial charge in [-0.15, -0.1) is 0 Å². The summed E-state index contributed by atoms with van der Waals surface area (Å²) in [6.45, 7) is 8.73. The summed E-state index contributed by atoms with van der Waals surface area (Å²) in [6, 6.07) is 0. The topological polar surface area (TPSA) is 0 Å². The van der Waals surface area contributed by atoms with E-state index in [9.17, 15) is 0 Å². The fourth-order valence-corrected chi connectivity index (χ4v) is 0.612. The quantitative estimate of drug-likeness (QED) is 0.492. The van der Waals surface area contributed by atoms with Gasteiger partial charge in [-0.3, -0.25) is 0 Å². The smallest absolute Gasteiger partial charge is 0.0108 e. The minimum absolute atomic E-state index is 0.349. The third kappa shape index (κ3) is 2.41. The molecule has 0 bridgehead atoms. The lowest BCUT2D eigenvalue weighted by Crippen LogP contribution is -2.17. The van der Waals surface area contributed by atoms with Crippen molar-refractivity contribution in [3.63, 3.8) is 0 Å². The standard InChI is InChI=1S/C7H14S/c1-6(5-8)7(2,3)4/h5-6H,1-4H3. The van der Waals surface area contributed by atoms with Crippen molar-refractivity contribution in [2.75, 3.05) is 0 Å². The van der Waals surface area contributed by atoms with E-state index in [4.69, 9.17) is 12.2 Å². The van der Waals surface area contributed by atoms with E-state index in [2.05, 4.69) is 27.7 Å². The van der Waals surface area contributed by atoms with Gasteiger partial charge < -0.3 is 0 Å². The second kappa shape index (κ2) is 2.58. The van der Waals surface area contributed by atoms with Gasteiger partial charge in [0.25, 0.3) is 0 Å². The molecule has 0 radical (unpaired) electrons. The fourth-order valence-electron chi connectivity index (χ4n) is 0.204. The molecule has 0 aliphatic heterocycles. The molecule has 0 saturated heterocycles. The van der Waals surface area contributed by atoms with Gasteiger partial charge in [-0.25, -0.2) is 0 Å². The first-order chi connectivity index (χ1) is 3.48. The third-order valence-electron chi connectivity index (χ3n) is 1.57. The molecular weight excluding hydrogens is 116 g/mol. The van der Waals surface area contributed by atoms with Gasteiger partial charge in [0.05, 0.1) is 0 Å². The van der Waals surface area contributed by atoms with Gasteiger partial charge in [0.2, 0.25) is 0 Å². The van der Waals surface area contributed by atoms with E-state index >= 15 is 0 Å². The Morgan fingerprint density at radius 1 is 1.38 bits per heavy atom. The van der Waals surface area contributed by atoms with Crippen LogP contribution in [0.2, 0.25) is 0 Å². The molecule has 0 rings (SSSR count). The number of thiocarbonyl (C=S) groups is 1. The molecule has 0 heterocycles.